The molecule has 2 N–H and O–H groups in total. The van der Waals surface area contributed by atoms with Gasteiger partial charge in [-0.2, -0.15) is 0 Å². The Morgan fingerprint density at radius 1 is 0.950 bits per heavy atom. The number of benzene rings is 3. The number of fused-ring (bicyclic) bond motifs is 1. The quantitative estimate of drug-likeness (QED) is 0.234. The third kappa shape index (κ3) is 7.40. The van der Waals surface area contributed by atoms with Gasteiger partial charge in [-0.25, -0.2) is 18.4 Å². The van der Waals surface area contributed by atoms with Crippen LogP contribution in [0.3, 0.4) is 0 Å². The molecular formula is C30H35N5O4S. The predicted octanol–water partition coefficient (Wildman–Crippen LogP) is 4.88. The molecule has 0 aliphatic carbocycles. The van der Waals surface area contributed by atoms with E-state index in [4.69, 9.17) is 9.47 Å². The summed E-state index contributed by atoms with van der Waals surface area (Å²) in [4.78, 5) is 11.2. The van der Waals surface area contributed by atoms with Crippen LogP contribution in [0.2, 0.25) is 0 Å². The molecule has 10 heteroatoms. The minimum atomic E-state index is -2.83. The SMILES string of the molecule is COc1cc2c(Nc3ccc(OCc4ccccc4)cc3)ncnc2cc1NCCCCN1CCS(=O)(=O)CC1. The van der Waals surface area contributed by atoms with Gasteiger partial charge in [-0.15, -0.1) is 0 Å². The van der Waals surface area contributed by atoms with Crippen LogP contribution in [-0.2, 0) is 16.4 Å². The molecule has 2 heterocycles. The molecule has 5 rings (SSSR count). The molecule has 0 saturated carbocycles. The standard InChI is InChI=1S/C30H35N5O4S/c1-38-29-19-26-27(20-28(29)31-13-5-6-14-35-15-17-40(36,37)18-16-35)32-22-33-30(26)34-24-9-11-25(12-10-24)39-21-23-7-3-2-4-8-23/h2-4,7-12,19-20,22,31H,5-6,13-18,21H2,1H3,(H,32,33,34). The summed E-state index contributed by atoms with van der Waals surface area (Å²) in [6, 6.07) is 21.8. The van der Waals surface area contributed by atoms with E-state index in [-0.39, 0.29) is 11.5 Å². The summed E-state index contributed by atoms with van der Waals surface area (Å²) >= 11 is 0. The molecule has 4 aromatic rings. The average molecular weight is 562 g/mol. The molecule has 1 aliphatic heterocycles. The molecule has 1 saturated heterocycles. The second-order valence-corrected chi connectivity index (χ2v) is 12.1. The summed E-state index contributed by atoms with van der Waals surface area (Å²) in [6.07, 6.45) is 3.51. The first-order valence-electron chi connectivity index (χ1n) is 13.5. The Kier molecular flexibility index (Phi) is 8.98. The van der Waals surface area contributed by atoms with E-state index in [0.29, 0.717) is 25.5 Å². The largest absolute Gasteiger partial charge is 0.495 e. The third-order valence-corrected chi connectivity index (χ3v) is 8.58. The van der Waals surface area contributed by atoms with Crippen LogP contribution in [0.5, 0.6) is 11.5 Å². The molecule has 0 unspecified atom stereocenters. The van der Waals surface area contributed by atoms with E-state index >= 15 is 0 Å². The second kappa shape index (κ2) is 13.0. The lowest BCUT2D eigenvalue weighted by molar-refractivity contribution is 0.290. The van der Waals surface area contributed by atoms with Crippen molar-refractivity contribution in [1.82, 2.24) is 14.9 Å². The van der Waals surface area contributed by atoms with Gasteiger partial charge in [0.05, 0.1) is 29.8 Å². The number of hydrogen-bond acceptors (Lipinski definition) is 9. The zero-order valence-corrected chi connectivity index (χ0v) is 23.5. The van der Waals surface area contributed by atoms with Crippen LogP contribution in [0.15, 0.2) is 73.1 Å². The maximum absolute atomic E-state index is 11.6. The minimum Gasteiger partial charge on any atom is -0.495 e. The van der Waals surface area contributed by atoms with Gasteiger partial charge in [0, 0.05) is 30.7 Å². The van der Waals surface area contributed by atoms with Gasteiger partial charge in [0.15, 0.2) is 9.84 Å². The van der Waals surface area contributed by atoms with E-state index in [0.717, 1.165) is 65.3 Å². The number of aromatic nitrogens is 2. The number of nitrogens with zero attached hydrogens (tertiary/aromatic N) is 3. The monoisotopic (exact) mass is 561 g/mol. The molecule has 9 nitrogen and oxygen atoms in total. The van der Waals surface area contributed by atoms with Crippen LogP contribution in [0.25, 0.3) is 10.9 Å². The maximum Gasteiger partial charge on any atom is 0.152 e. The van der Waals surface area contributed by atoms with Gasteiger partial charge in [-0.1, -0.05) is 30.3 Å². The summed E-state index contributed by atoms with van der Waals surface area (Å²) in [7, 11) is -1.18. The van der Waals surface area contributed by atoms with Gasteiger partial charge in [0.2, 0.25) is 0 Å². The molecule has 0 radical (unpaired) electrons. The fourth-order valence-corrected chi connectivity index (χ4v) is 5.94. The molecule has 1 fully saturated rings. The Morgan fingerprint density at radius 2 is 1.73 bits per heavy atom. The normalized spacial score (nSPS) is 15.0. The van der Waals surface area contributed by atoms with E-state index < -0.39 is 9.84 Å². The average Bonchev–Trinajstić information content (AvgIpc) is 2.97. The first-order chi connectivity index (χ1) is 19.5. The molecule has 0 spiro atoms. The van der Waals surface area contributed by atoms with Crippen molar-refractivity contribution in [2.45, 2.75) is 19.4 Å². The number of anilines is 3. The lowest BCUT2D eigenvalue weighted by atomic mass is 10.1. The van der Waals surface area contributed by atoms with E-state index in [1.807, 2.05) is 66.7 Å². The summed E-state index contributed by atoms with van der Waals surface area (Å²) < 4.78 is 34.8. The fraction of sp³-hybridized carbons (Fsp3) is 0.333. The predicted molar refractivity (Wildman–Crippen MR) is 159 cm³/mol. The molecule has 210 valence electrons. The van der Waals surface area contributed by atoms with Gasteiger partial charge in [0.1, 0.15) is 30.3 Å². The Bertz CT molecular complexity index is 1500. The molecule has 1 aliphatic rings. The minimum absolute atomic E-state index is 0.271. The molecule has 3 aromatic carbocycles. The van der Waals surface area contributed by atoms with E-state index in [9.17, 15) is 8.42 Å². The Labute approximate surface area is 235 Å². The van der Waals surface area contributed by atoms with Crippen molar-refractivity contribution in [3.63, 3.8) is 0 Å². The molecule has 0 amide bonds. The molecule has 0 bridgehead atoms. The summed E-state index contributed by atoms with van der Waals surface area (Å²) in [6.45, 7) is 3.48. The highest BCUT2D eigenvalue weighted by Gasteiger charge is 2.20. The number of rotatable bonds is 12. The number of ether oxygens (including phenoxy) is 2. The van der Waals surface area contributed by atoms with E-state index in [1.165, 1.54) is 0 Å². The molecular weight excluding hydrogens is 526 g/mol. The zero-order valence-electron chi connectivity index (χ0n) is 22.7. The summed E-state index contributed by atoms with van der Waals surface area (Å²) in [5.41, 5.74) is 3.69. The van der Waals surface area contributed by atoms with Crippen LogP contribution >= 0.6 is 0 Å². The Balaban J connectivity index is 1.17. The van der Waals surface area contributed by atoms with Gasteiger partial charge >= 0.3 is 0 Å². The first kappa shape index (κ1) is 27.7. The maximum atomic E-state index is 11.6. The highest BCUT2D eigenvalue weighted by Crippen LogP contribution is 2.33. The second-order valence-electron chi connectivity index (χ2n) is 9.84. The lowest BCUT2D eigenvalue weighted by Crippen LogP contribution is -2.40. The number of unbranched alkanes of at least 4 members (excludes halogenated alkanes) is 1. The topological polar surface area (TPSA) is 106 Å². The highest BCUT2D eigenvalue weighted by atomic mass is 32.2. The molecule has 0 atom stereocenters. The number of methoxy groups -OCH3 is 1. The molecule has 40 heavy (non-hydrogen) atoms. The number of nitrogens with one attached hydrogen (secondary N) is 2. The van der Waals surface area contributed by atoms with Gasteiger partial charge in [-0.05, 0) is 61.3 Å². The smallest absolute Gasteiger partial charge is 0.152 e. The third-order valence-electron chi connectivity index (χ3n) is 6.98. The number of sulfone groups is 1. The van der Waals surface area contributed by atoms with Crippen LogP contribution < -0.4 is 20.1 Å². The van der Waals surface area contributed by atoms with Crippen molar-refractivity contribution in [3.05, 3.63) is 78.6 Å². The van der Waals surface area contributed by atoms with Gasteiger partial charge < -0.3 is 25.0 Å². The van der Waals surface area contributed by atoms with Crippen LogP contribution in [0.4, 0.5) is 17.2 Å². The summed E-state index contributed by atoms with van der Waals surface area (Å²) in [5.74, 6) is 2.75. The summed E-state index contributed by atoms with van der Waals surface area (Å²) in [5, 5.41) is 7.72. The van der Waals surface area contributed by atoms with Crippen LogP contribution in [-0.4, -0.2) is 68.1 Å². The van der Waals surface area contributed by atoms with Crippen molar-refractivity contribution in [3.8, 4) is 11.5 Å². The Hall–Kier alpha value is -3.89. The number of hydrogen-bond donors (Lipinski definition) is 2. The first-order valence-corrected chi connectivity index (χ1v) is 15.3. The lowest BCUT2D eigenvalue weighted by Gasteiger charge is -2.26. The van der Waals surface area contributed by atoms with Crippen molar-refractivity contribution in [1.29, 1.82) is 0 Å². The highest BCUT2D eigenvalue weighted by molar-refractivity contribution is 7.91. The Morgan fingerprint density at radius 3 is 2.48 bits per heavy atom. The van der Waals surface area contributed by atoms with Gasteiger partial charge in [0.25, 0.3) is 0 Å². The molecule has 1 aromatic heterocycles. The van der Waals surface area contributed by atoms with Crippen molar-refractivity contribution in [2.75, 3.05) is 55.4 Å². The van der Waals surface area contributed by atoms with Crippen molar-refractivity contribution >= 4 is 37.9 Å². The van der Waals surface area contributed by atoms with Crippen molar-refractivity contribution in [2.24, 2.45) is 0 Å². The van der Waals surface area contributed by atoms with E-state index in [1.54, 1.807) is 13.4 Å². The van der Waals surface area contributed by atoms with E-state index in [2.05, 4.69) is 25.5 Å². The zero-order chi connectivity index (χ0) is 27.8. The van der Waals surface area contributed by atoms with Crippen molar-refractivity contribution < 1.29 is 17.9 Å². The van der Waals surface area contributed by atoms with Crippen LogP contribution in [0.1, 0.15) is 18.4 Å². The van der Waals surface area contributed by atoms with Gasteiger partial charge in [-0.3, -0.25) is 0 Å². The van der Waals surface area contributed by atoms with Crippen LogP contribution in [0, 0.1) is 0 Å². The fourth-order valence-electron chi connectivity index (χ4n) is 4.66.